The summed E-state index contributed by atoms with van der Waals surface area (Å²) in [6.07, 6.45) is -0.682. The van der Waals surface area contributed by atoms with Crippen LogP contribution >= 0.6 is 0 Å². The lowest BCUT2D eigenvalue weighted by Gasteiger charge is -2.21. The maximum atomic E-state index is 12.3. The number of aromatic amines is 1. The third kappa shape index (κ3) is 5.29. The van der Waals surface area contributed by atoms with E-state index in [1.807, 2.05) is 77.4 Å². The summed E-state index contributed by atoms with van der Waals surface area (Å²) in [4.78, 5) is 37.2. The van der Waals surface area contributed by atoms with Crippen molar-refractivity contribution in [3.63, 3.8) is 0 Å². The molecule has 184 valence electrons. The van der Waals surface area contributed by atoms with Gasteiger partial charge >= 0.3 is 12.1 Å². The van der Waals surface area contributed by atoms with Crippen LogP contribution in [0.2, 0.25) is 0 Å². The molecule has 0 unspecified atom stereocenters. The van der Waals surface area contributed by atoms with Crippen molar-refractivity contribution in [2.45, 2.75) is 59.3 Å². The molecule has 0 spiro atoms. The summed E-state index contributed by atoms with van der Waals surface area (Å²) in [6, 6.07) is 10.8. The van der Waals surface area contributed by atoms with Gasteiger partial charge in [-0.2, -0.15) is 0 Å². The average Bonchev–Trinajstić information content (AvgIpc) is 3.31. The number of aryl methyl sites for hydroxylation is 1. The molecule has 3 aromatic heterocycles. The molecule has 0 saturated heterocycles. The molecule has 2 N–H and O–H groups in total. The summed E-state index contributed by atoms with van der Waals surface area (Å²) < 4.78 is 12.6. The van der Waals surface area contributed by atoms with E-state index in [1.54, 1.807) is 12.1 Å². The SMILES string of the molecule is CC(C)OC(=O)c1ccc2c(c1)nc(-c1cc3ccc([C@@H](C)NC(=O)OC(C)(C)C)nc3[nH]1)n2C. The minimum absolute atomic E-state index is 0.191. The number of hydrogen-bond donors (Lipinski definition) is 2. The molecule has 0 aliphatic carbocycles. The summed E-state index contributed by atoms with van der Waals surface area (Å²) in [5.41, 5.74) is 3.66. The Kier molecular flexibility index (Phi) is 6.27. The zero-order chi connectivity index (χ0) is 25.5. The van der Waals surface area contributed by atoms with Crippen LogP contribution in [0.5, 0.6) is 0 Å². The van der Waals surface area contributed by atoms with Gasteiger partial charge in [0, 0.05) is 12.4 Å². The minimum Gasteiger partial charge on any atom is -0.459 e. The van der Waals surface area contributed by atoms with E-state index in [0.717, 1.165) is 16.6 Å². The molecule has 1 amide bonds. The van der Waals surface area contributed by atoms with E-state index >= 15 is 0 Å². The highest BCUT2D eigenvalue weighted by Crippen LogP contribution is 2.27. The molecule has 0 aliphatic rings. The van der Waals surface area contributed by atoms with E-state index in [0.29, 0.717) is 28.2 Å². The van der Waals surface area contributed by atoms with Crippen molar-refractivity contribution < 1.29 is 19.1 Å². The first kappa shape index (κ1) is 24.3. The minimum atomic E-state index is -0.573. The highest BCUT2D eigenvalue weighted by atomic mass is 16.6. The van der Waals surface area contributed by atoms with Gasteiger partial charge in [-0.3, -0.25) is 0 Å². The van der Waals surface area contributed by atoms with E-state index in [2.05, 4.69) is 10.3 Å². The molecule has 0 aliphatic heterocycles. The lowest BCUT2D eigenvalue weighted by Crippen LogP contribution is -2.34. The number of rotatable bonds is 5. The third-order valence-corrected chi connectivity index (χ3v) is 5.38. The summed E-state index contributed by atoms with van der Waals surface area (Å²) in [5.74, 6) is 0.347. The van der Waals surface area contributed by atoms with Crippen LogP contribution in [-0.4, -0.2) is 43.3 Å². The first-order valence-corrected chi connectivity index (χ1v) is 11.6. The molecular formula is C26H31N5O4. The van der Waals surface area contributed by atoms with E-state index in [1.165, 1.54) is 0 Å². The number of imidazole rings is 1. The maximum Gasteiger partial charge on any atom is 0.408 e. The predicted molar refractivity (Wildman–Crippen MR) is 134 cm³/mol. The van der Waals surface area contributed by atoms with Gasteiger partial charge in [-0.15, -0.1) is 0 Å². The molecule has 1 aromatic carbocycles. The number of carbonyl (C=O) groups is 2. The third-order valence-electron chi connectivity index (χ3n) is 5.38. The number of carbonyl (C=O) groups excluding carboxylic acids is 2. The Hall–Kier alpha value is -3.88. The number of aromatic nitrogens is 4. The Morgan fingerprint density at radius 3 is 2.49 bits per heavy atom. The number of alkyl carbamates (subject to hydrolysis) is 1. The van der Waals surface area contributed by atoms with Crippen LogP contribution in [0.4, 0.5) is 4.79 Å². The summed E-state index contributed by atoms with van der Waals surface area (Å²) in [7, 11) is 1.92. The van der Waals surface area contributed by atoms with Crippen LogP contribution in [0.3, 0.4) is 0 Å². The molecule has 0 radical (unpaired) electrons. The summed E-state index contributed by atoms with van der Waals surface area (Å²) in [5, 5.41) is 3.74. The first-order chi connectivity index (χ1) is 16.4. The smallest absolute Gasteiger partial charge is 0.408 e. The molecule has 9 nitrogen and oxygen atoms in total. The molecule has 1 atom stereocenters. The first-order valence-electron chi connectivity index (χ1n) is 11.6. The molecule has 0 fully saturated rings. The Morgan fingerprint density at radius 1 is 1.06 bits per heavy atom. The van der Waals surface area contributed by atoms with E-state index in [4.69, 9.17) is 19.4 Å². The Morgan fingerprint density at radius 2 is 1.80 bits per heavy atom. The van der Waals surface area contributed by atoms with E-state index in [9.17, 15) is 9.59 Å². The number of ether oxygens (including phenoxy) is 2. The van der Waals surface area contributed by atoms with Crippen molar-refractivity contribution in [3.05, 3.63) is 47.7 Å². The number of H-pyrrole nitrogens is 1. The monoisotopic (exact) mass is 477 g/mol. The van der Waals surface area contributed by atoms with Crippen molar-refractivity contribution in [1.82, 2.24) is 24.8 Å². The maximum absolute atomic E-state index is 12.3. The van der Waals surface area contributed by atoms with Crippen molar-refractivity contribution >= 4 is 34.1 Å². The fourth-order valence-electron chi connectivity index (χ4n) is 3.79. The van der Waals surface area contributed by atoms with Crippen LogP contribution in [0.15, 0.2) is 36.4 Å². The van der Waals surface area contributed by atoms with Crippen LogP contribution < -0.4 is 5.32 Å². The molecule has 9 heteroatoms. The number of hydrogen-bond acceptors (Lipinski definition) is 6. The Labute approximate surface area is 203 Å². The number of benzene rings is 1. The van der Waals surface area contributed by atoms with Gasteiger partial charge in [0.15, 0.2) is 5.82 Å². The Bertz CT molecular complexity index is 1410. The van der Waals surface area contributed by atoms with Crippen LogP contribution in [0.1, 0.15) is 63.6 Å². The van der Waals surface area contributed by atoms with Gasteiger partial charge in [-0.1, -0.05) is 0 Å². The lowest BCUT2D eigenvalue weighted by molar-refractivity contribution is 0.0377. The zero-order valence-electron chi connectivity index (χ0n) is 21.1. The zero-order valence-corrected chi connectivity index (χ0v) is 21.1. The van der Waals surface area contributed by atoms with Gasteiger partial charge in [-0.05, 0) is 77.9 Å². The van der Waals surface area contributed by atoms with Crippen molar-refractivity contribution in [2.24, 2.45) is 7.05 Å². The van der Waals surface area contributed by atoms with E-state index < -0.39 is 11.7 Å². The molecule has 4 aromatic rings. The normalized spacial score (nSPS) is 12.8. The summed E-state index contributed by atoms with van der Waals surface area (Å²) in [6.45, 7) is 11.0. The fraction of sp³-hybridized carbons (Fsp3) is 0.385. The average molecular weight is 478 g/mol. The van der Waals surface area contributed by atoms with Gasteiger partial charge in [0.1, 0.15) is 11.2 Å². The number of nitrogens with one attached hydrogen (secondary N) is 2. The van der Waals surface area contributed by atoms with Gasteiger partial charge < -0.3 is 24.3 Å². The van der Waals surface area contributed by atoms with Gasteiger partial charge in [0.25, 0.3) is 0 Å². The predicted octanol–water partition coefficient (Wildman–Crippen LogP) is 5.27. The van der Waals surface area contributed by atoms with Crippen LogP contribution in [0.25, 0.3) is 33.6 Å². The number of fused-ring (bicyclic) bond motifs is 2. The highest BCUT2D eigenvalue weighted by Gasteiger charge is 2.20. The molecule has 3 heterocycles. The standard InChI is InChI=1S/C26H31N5O4/c1-14(2)34-24(32)17-9-11-21-19(13-17)30-23(31(21)7)20-12-16-8-10-18(28-22(16)29-20)15(3)27-25(33)35-26(4,5)6/h8-15H,1-7H3,(H,27,33)(H,28,29)/t15-/m1/s1. The molecular weight excluding hydrogens is 446 g/mol. The molecule has 4 rings (SSSR count). The number of nitrogens with zero attached hydrogens (tertiary/aromatic N) is 3. The largest absolute Gasteiger partial charge is 0.459 e. The van der Waals surface area contributed by atoms with Crippen molar-refractivity contribution in [3.8, 4) is 11.5 Å². The Balaban J connectivity index is 1.61. The number of esters is 1. The quantitative estimate of drug-likeness (QED) is 0.379. The summed E-state index contributed by atoms with van der Waals surface area (Å²) >= 11 is 0. The second-order valence-electron chi connectivity index (χ2n) is 9.88. The number of amides is 1. The molecule has 0 saturated carbocycles. The van der Waals surface area contributed by atoms with Crippen LogP contribution in [0, 0.1) is 0 Å². The fourth-order valence-corrected chi connectivity index (χ4v) is 3.79. The van der Waals surface area contributed by atoms with Gasteiger partial charge in [0.2, 0.25) is 0 Å². The van der Waals surface area contributed by atoms with Crippen LogP contribution in [-0.2, 0) is 16.5 Å². The van der Waals surface area contributed by atoms with Crippen molar-refractivity contribution in [2.75, 3.05) is 0 Å². The molecule has 0 bridgehead atoms. The second kappa shape index (κ2) is 9.05. The lowest BCUT2D eigenvalue weighted by atomic mass is 10.2. The second-order valence-corrected chi connectivity index (χ2v) is 9.88. The number of pyridine rings is 1. The van der Waals surface area contributed by atoms with Gasteiger partial charge in [-0.25, -0.2) is 19.6 Å². The topological polar surface area (TPSA) is 111 Å². The molecule has 35 heavy (non-hydrogen) atoms. The highest BCUT2D eigenvalue weighted by molar-refractivity contribution is 5.94. The van der Waals surface area contributed by atoms with Gasteiger partial charge in [0.05, 0.1) is 40.1 Å². The van der Waals surface area contributed by atoms with E-state index in [-0.39, 0.29) is 18.1 Å². The van der Waals surface area contributed by atoms with Crippen molar-refractivity contribution in [1.29, 1.82) is 0 Å².